The van der Waals surface area contributed by atoms with Crippen molar-refractivity contribution in [2.24, 2.45) is 0 Å². The third-order valence-electron chi connectivity index (χ3n) is 2.72. The van der Waals surface area contributed by atoms with Gasteiger partial charge in [0.05, 0.1) is 10.6 Å². The Morgan fingerprint density at radius 1 is 1.33 bits per heavy atom. The summed E-state index contributed by atoms with van der Waals surface area (Å²) in [6, 6.07) is 8.63. The molecule has 1 heterocycles. The number of nitrogen functional groups attached to an aromatic ring is 1. The van der Waals surface area contributed by atoms with E-state index in [1.165, 1.54) is 6.20 Å². The number of hydrogen-bond donors (Lipinski definition) is 1. The minimum atomic E-state index is -0.201. The monoisotopic (exact) mass is 260 g/mol. The van der Waals surface area contributed by atoms with Crippen molar-refractivity contribution in [2.75, 3.05) is 5.73 Å². The fourth-order valence-electron chi connectivity index (χ4n) is 1.69. The van der Waals surface area contributed by atoms with E-state index in [1.807, 2.05) is 6.92 Å². The van der Waals surface area contributed by atoms with Gasteiger partial charge in [0.1, 0.15) is 0 Å². The molecule has 4 heteroatoms. The van der Waals surface area contributed by atoms with Crippen LogP contribution in [0.2, 0.25) is 5.02 Å². The molecule has 2 aromatic rings. The average Bonchev–Trinajstić information content (AvgIpc) is 2.38. The zero-order chi connectivity index (χ0) is 13.1. The van der Waals surface area contributed by atoms with E-state index in [0.29, 0.717) is 21.8 Å². The molecular formula is C14H13ClN2O. The van der Waals surface area contributed by atoms with Gasteiger partial charge in [0.15, 0.2) is 5.78 Å². The first kappa shape index (κ1) is 12.6. The van der Waals surface area contributed by atoms with Crippen LogP contribution in [0.25, 0.3) is 0 Å². The molecule has 0 saturated carbocycles. The molecule has 0 spiro atoms. The highest BCUT2D eigenvalue weighted by Crippen LogP contribution is 2.22. The molecule has 0 radical (unpaired) electrons. The van der Waals surface area contributed by atoms with Crippen molar-refractivity contribution in [1.29, 1.82) is 0 Å². The third-order valence-corrected chi connectivity index (χ3v) is 3.05. The molecule has 0 saturated heterocycles. The number of rotatable bonds is 3. The van der Waals surface area contributed by atoms with E-state index in [0.717, 1.165) is 12.1 Å². The van der Waals surface area contributed by atoms with Gasteiger partial charge in [-0.15, -0.1) is 0 Å². The topological polar surface area (TPSA) is 56.0 Å². The summed E-state index contributed by atoms with van der Waals surface area (Å²) >= 11 is 6.00. The van der Waals surface area contributed by atoms with Crippen molar-refractivity contribution in [3.05, 3.63) is 58.4 Å². The van der Waals surface area contributed by atoms with Gasteiger partial charge in [0.2, 0.25) is 0 Å². The van der Waals surface area contributed by atoms with E-state index < -0.39 is 0 Å². The summed E-state index contributed by atoms with van der Waals surface area (Å²) < 4.78 is 0. The van der Waals surface area contributed by atoms with Crippen LogP contribution in [0.1, 0.15) is 28.5 Å². The predicted octanol–water partition coefficient (Wildman–Crippen LogP) is 3.11. The molecule has 2 rings (SSSR count). The zero-order valence-electron chi connectivity index (χ0n) is 9.98. The van der Waals surface area contributed by atoms with E-state index in [1.54, 1.807) is 30.3 Å². The Labute approximate surface area is 111 Å². The maximum atomic E-state index is 12.3. The van der Waals surface area contributed by atoms with Crippen molar-refractivity contribution in [3.63, 3.8) is 0 Å². The van der Waals surface area contributed by atoms with Gasteiger partial charge >= 0.3 is 0 Å². The highest BCUT2D eigenvalue weighted by atomic mass is 35.5. The van der Waals surface area contributed by atoms with Crippen LogP contribution in [0.4, 0.5) is 5.69 Å². The summed E-state index contributed by atoms with van der Waals surface area (Å²) in [7, 11) is 0. The average molecular weight is 261 g/mol. The van der Waals surface area contributed by atoms with Crippen molar-refractivity contribution >= 4 is 23.1 Å². The van der Waals surface area contributed by atoms with Gasteiger partial charge in [-0.3, -0.25) is 9.78 Å². The van der Waals surface area contributed by atoms with Crippen LogP contribution in [0, 0.1) is 0 Å². The molecule has 3 nitrogen and oxygen atoms in total. The summed E-state index contributed by atoms with van der Waals surface area (Å²) in [5.41, 5.74) is 8.01. The Bertz CT molecular complexity index is 596. The standard InChI is InChI=1S/C14H13ClN2O/c1-2-9-7-13(16)11(8-17-9)14(18)10-5-3-4-6-12(10)15/h3-8H,2H2,1H3,(H2,16,17). The van der Waals surface area contributed by atoms with Crippen molar-refractivity contribution in [2.45, 2.75) is 13.3 Å². The number of nitrogens with two attached hydrogens (primary N) is 1. The number of nitrogens with zero attached hydrogens (tertiary/aromatic N) is 1. The molecule has 2 N–H and O–H groups in total. The lowest BCUT2D eigenvalue weighted by Gasteiger charge is -2.07. The number of pyridine rings is 1. The molecule has 0 aliphatic rings. The van der Waals surface area contributed by atoms with Crippen LogP contribution in [0.15, 0.2) is 36.5 Å². The SMILES string of the molecule is CCc1cc(N)c(C(=O)c2ccccc2Cl)cn1. The Hall–Kier alpha value is -1.87. The number of halogens is 1. The van der Waals surface area contributed by atoms with Crippen LogP contribution < -0.4 is 5.73 Å². The summed E-state index contributed by atoms with van der Waals surface area (Å²) in [4.78, 5) is 16.5. The van der Waals surface area contributed by atoms with Gasteiger partial charge in [-0.2, -0.15) is 0 Å². The molecule has 0 bridgehead atoms. The van der Waals surface area contributed by atoms with Crippen molar-refractivity contribution in [1.82, 2.24) is 4.98 Å². The summed E-state index contributed by atoms with van der Waals surface area (Å²) in [5.74, 6) is -0.201. The number of aryl methyl sites for hydroxylation is 1. The number of aromatic nitrogens is 1. The molecule has 0 amide bonds. The van der Waals surface area contributed by atoms with E-state index in [9.17, 15) is 4.79 Å². The van der Waals surface area contributed by atoms with Crippen LogP contribution in [0.3, 0.4) is 0 Å². The molecule has 0 fully saturated rings. The Morgan fingerprint density at radius 2 is 2.06 bits per heavy atom. The lowest BCUT2D eigenvalue weighted by molar-refractivity contribution is 0.103. The quantitative estimate of drug-likeness (QED) is 0.863. The number of carbonyl (C=O) groups excluding carboxylic acids is 1. The first-order chi connectivity index (χ1) is 8.63. The number of anilines is 1. The van der Waals surface area contributed by atoms with Crippen LogP contribution >= 0.6 is 11.6 Å². The van der Waals surface area contributed by atoms with Gasteiger partial charge in [-0.25, -0.2) is 0 Å². The van der Waals surface area contributed by atoms with E-state index in [4.69, 9.17) is 17.3 Å². The van der Waals surface area contributed by atoms with Crippen molar-refractivity contribution in [3.8, 4) is 0 Å². The molecule has 0 atom stereocenters. The Morgan fingerprint density at radius 3 is 2.67 bits per heavy atom. The lowest BCUT2D eigenvalue weighted by Crippen LogP contribution is -2.07. The van der Waals surface area contributed by atoms with Gasteiger partial charge < -0.3 is 5.73 Å². The largest absolute Gasteiger partial charge is 0.398 e. The second kappa shape index (κ2) is 5.19. The number of hydrogen-bond acceptors (Lipinski definition) is 3. The molecule has 1 aromatic carbocycles. The molecule has 0 aliphatic heterocycles. The first-order valence-corrected chi connectivity index (χ1v) is 6.05. The molecule has 1 aromatic heterocycles. The van der Waals surface area contributed by atoms with Gasteiger partial charge in [0, 0.05) is 23.1 Å². The smallest absolute Gasteiger partial charge is 0.198 e. The summed E-state index contributed by atoms with van der Waals surface area (Å²) in [6.45, 7) is 1.98. The van der Waals surface area contributed by atoms with Crippen LogP contribution in [-0.2, 0) is 6.42 Å². The minimum Gasteiger partial charge on any atom is -0.398 e. The van der Waals surface area contributed by atoms with E-state index in [2.05, 4.69) is 4.98 Å². The highest BCUT2D eigenvalue weighted by molar-refractivity contribution is 6.35. The van der Waals surface area contributed by atoms with Gasteiger partial charge in [-0.1, -0.05) is 30.7 Å². The summed E-state index contributed by atoms with van der Waals surface area (Å²) in [6.07, 6.45) is 2.30. The van der Waals surface area contributed by atoms with Gasteiger partial charge in [0.25, 0.3) is 0 Å². The number of carbonyl (C=O) groups is 1. The van der Waals surface area contributed by atoms with Crippen molar-refractivity contribution < 1.29 is 4.79 Å². The second-order valence-corrected chi connectivity index (χ2v) is 4.33. The zero-order valence-corrected chi connectivity index (χ0v) is 10.7. The normalized spacial score (nSPS) is 10.3. The molecular weight excluding hydrogens is 248 g/mol. The lowest BCUT2D eigenvalue weighted by atomic mass is 10.0. The van der Waals surface area contributed by atoms with E-state index in [-0.39, 0.29) is 5.78 Å². The first-order valence-electron chi connectivity index (χ1n) is 5.67. The fourth-order valence-corrected chi connectivity index (χ4v) is 1.91. The van der Waals surface area contributed by atoms with Crippen LogP contribution in [-0.4, -0.2) is 10.8 Å². The third kappa shape index (κ3) is 2.36. The highest BCUT2D eigenvalue weighted by Gasteiger charge is 2.15. The molecule has 0 aliphatic carbocycles. The Balaban J connectivity index is 2.44. The fraction of sp³-hybridized carbons (Fsp3) is 0.143. The molecule has 92 valence electrons. The van der Waals surface area contributed by atoms with Crippen LogP contribution in [0.5, 0.6) is 0 Å². The Kier molecular flexibility index (Phi) is 3.63. The number of ketones is 1. The predicted molar refractivity (Wildman–Crippen MR) is 72.9 cm³/mol. The molecule has 18 heavy (non-hydrogen) atoms. The maximum absolute atomic E-state index is 12.3. The minimum absolute atomic E-state index is 0.201. The second-order valence-electron chi connectivity index (χ2n) is 3.93. The summed E-state index contributed by atoms with van der Waals surface area (Å²) in [5, 5.41) is 0.418. The van der Waals surface area contributed by atoms with Gasteiger partial charge in [-0.05, 0) is 24.6 Å². The van der Waals surface area contributed by atoms with E-state index >= 15 is 0 Å². The molecule has 0 unspecified atom stereocenters. The number of benzene rings is 1. The maximum Gasteiger partial charge on any atom is 0.198 e.